The second-order valence-electron chi connectivity index (χ2n) is 7.18. The van der Waals surface area contributed by atoms with E-state index < -0.39 is 12.0 Å². The second-order valence-corrected chi connectivity index (χ2v) is 7.18. The molecule has 1 heterocycles. The van der Waals surface area contributed by atoms with Crippen LogP contribution in [0.5, 0.6) is 0 Å². The molecule has 1 aliphatic heterocycles. The second kappa shape index (κ2) is 9.37. The van der Waals surface area contributed by atoms with Crippen LogP contribution in [-0.4, -0.2) is 54.1 Å². The number of anilines is 1. The Labute approximate surface area is 165 Å². The monoisotopic (exact) mass is 381 g/mol. The molecule has 0 saturated carbocycles. The SMILES string of the molecule is N[C@@H](CCC(=O)N1CCN(c2ccc(Cc3ccccc3)cc2)CC1)C(=O)O. The summed E-state index contributed by atoms with van der Waals surface area (Å²) in [5.41, 5.74) is 9.21. The van der Waals surface area contributed by atoms with Crippen molar-refractivity contribution in [2.45, 2.75) is 25.3 Å². The molecule has 3 rings (SSSR count). The van der Waals surface area contributed by atoms with E-state index in [1.165, 1.54) is 11.1 Å². The number of amides is 1. The van der Waals surface area contributed by atoms with Gasteiger partial charge in [-0.2, -0.15) is 0 Å². The minimum absolute atomic E-state index is 0.0189. The largest absolute Gasteiger partial charge is 0.480 e. The lowest BCUT2D eigenvalue weighted by molar-refractivity contribution is -0.139. The number of hydrogen-bond donors (Lipinski definition) is 2. The number of rotatable bonds is 7. The van der Waals surface area contributed by atoms with Crippen molar-refractivity contribution in [3.63, 3.8) is 0 Å². The molecule has 0 unspecified atom stereocenters. The highest BCUT2D eigenvalue weighted by Gasteiger charge is 2.22. The molecule has 0 radical (unpaired) electrons. The highest BCUT2D eigenvalue weighted by atomic mass is 16.4. The number of carbonyl (C=O) groups excluding carboxylic acids is 1. The van der Waals surface area contributed by atoms with E-state index in [4.69, 9.17) is 10.8 Å². The first-order valence-corrected chi connectivity index (χ1v) is 9.67. The topological polar surface area (TPSA) is 86.9 Å². The number of carbonyl (C=O) groups is 2. The predicted molar refractivity (Wildman–Crippen MR) is 109 cm³/mol. The number of nitrogens with two attached hydrogens (primary N) is 1. The fourth-order valence-electron chi connectivity index (χ4n) is 3.43. The van der Waals surface area contributed by atoms with Gasteiger partial charge in [-0.25, -0.2) is 0 Å². The standard InChI is InChI=1S/C22H27N3O3/c23-20(22(27)28)10-11-21(26)25-14-12-24(13-15-25)19-8-6-18(7-9-19)16-17-4-2-1-3-5-17/h1-9,20H,10-16,23H2,(H,27,28)/t20-/m0/s1. The van der Waals surface area contributed by atoms with Gasteiger partial charge in [0.2, 0.25) is 5.91 Å². The summed E-state index contributed by atoms with van der Waals surface area (Å²) in [6.07, 6.45) is 1.28. The third-order valence-corrected chi connectivity index (χ3v) is 5.17. The normalized spacial score (nSPS) is 15.3. The summed E-state index contributed by atoms with van der Waals surface area (Å²) < 4.78 is 0. The average molecular weight is 381 g/mol. The van der Waals surface area contributed by atoms with Crippen LogP contribution in [0.4, 0.5) is 5.69 Å². The van der Waals surface area contributed by atoms with Crippen molar-refractivity contribution in [1.82, 2.24) is 4.90 Å². The van der Waals surface area contributed by atoms with Gasteiger partial charge in [0.05, 0.1) is 0 Å². The molecule has 1 atom stereocenters. The molecule has 0 aliphatic carbocycles. The fraction of sp³-hybridized carbons (Fsp3) is 0.364. The van der Waals surface area contributed by atoms with Crippen molar-refractivity contribution < 1.29 is 14.7 Å². The van der Waals surface area contributed by atoms with Gasteiger partial charge >= 0.3 is 5.97 Å². The van der Waals surface area contributed by atoms with Crippen LogP contribution in [-0.2, 0) is 16.0 Å². The van der Waals surface area contributed by atoms with Crippen molar-refractivity contribution in [3.05, 3.63) is 65.7 Å². The quantitative estimate of drug-likeness (QED) is 0.767. The Balaban J connectivity index is 1.48. The third kappa shape index (κ3) is 5.33. The summed E-state index contributed by atoms with van der Waals surface area (Å²) in [7, 11) is 0. The van der Waals surface area contributed by atoms with E-state index >= 15 is 0 Å². The summed E-state index contributed by atoms with van der Waals surface area (Å²) in [6, 6.07) is 18.0. The predicted octanol–water partition coefficient (Wildman–Crippen LogP) is 2.12. The van der Waals surface area contributed by atoms with Gasteiger partial charge in [-0.3, -0.25) is 9.59 Å². The van der Waals surface area contributed by atoms with Crippen molar-refractivity contribution in [1.29, 1.82) is 0 Å². The van der Waals surface area contributed by atoms with Crippen LogP contribution in [0, 0.1) is 0 Å². The van der Waals surface area contributed by atoms with E-state index in [2.05, 4.69) is 53.4 Å². The Hall–Kier alpha value is -2.86. The smallest absolute Gasteiger partial charge is 0.320 e. The molecule has 1 aliphatic rings. The Morgan fingerprint density at radius 1 is 0.929 bits per heavy atom. The van der Waals surface area contributed by atoms with Crippen molar-refractivity contribution in [2.24, 2.45) is 5.73 Å². The lowest BCUT2D eigenvalue weighted by Crippen LogP contribution is -2.49. The van der Waals surface area contributed by atoms with Gasteiger partial charge in [-0.05, 0) is 36.1 Å². The van der Waals surface area contributed by atoms with Crippen molar-refractivity contribution >= 4 is 17.6 Å². The van der Waals surface area contributed by atoms with Gasteiger partial charge < -0.3 is 20.6 Å². The number of hydrogen-bond acceptors (Lipinski definition) is 4. The average Bonchev–Trinajstić information content (AvgIpc) is 2.73. The molecule has 2 aromatic rings. The summed E-state index contributed by atoms with van der Waals surface area (Å²) >= 11 is 0. The number of nitrogens with zero attached hydrogens (tertiary/aromatic N) is 2. The number of benzene rings is 2. The van der Waals surface area contributed by atoms with E-state index in [9.17, 15) is 9.59 Å². The van der Waals surface area contributed by atoms with Crippen LogP contribution < -0.4 is 10.6 Å². The number of carboxylic acids is 1. The van der Waals surface area contributed by atoms with Gasteiger partial charge in [-0.15, -0.1) is 0 Å². The van der Waals surface area contributed by atoms with Crippen LogP contribution >= 0.6 is 0 Å². The number of aliphatic carboxylic acids is 1. The van der Waals surface area contributed by atoms with Gasteiger partial charge in [0.25, 0.3) is 0 Å². The van der Waals surface area contributed by atoms with E-state index in [0.29, 0.717) is 13.1 Å². The van der Waals surface area contributed by atoms with Gasteiger partial charge in [0, 0.05) is 38.3 Å². The van der Waals surface area contributed by atoms with Crippen molar-refractivity contribution in [2.75, 3.05) is 31.1 Å². The number of piperazine rings is 1. The zero-order valence-corrected chi connectivity index (χ0v) is 16.0. The zero-order chi connectivity index (χ0) is 19.9. The molecule has 6 heteroatoms. The van der Waals surface area contributed by atoms with E-state index in [1.54, 1.807) is 4.90 Å². The van der Waals surface area contributed by atoms with Crippen LogP contribution in [0.3, 0.4) is 0 Å². The Morgan fingerprint density at radius 2 is 1.54 bits per heavy atom. The molecule has 148 valence electrons. The van der Waals surface area contributed by atoms with Crippen LogP contribution in [0.1, 0.15) is 24.0 Å². The molecule has 0 aromatic heterocycles. The highest BCUT2D eigenvalue weighted by Crippen LogP contribution is 2.19. The molecular weight excluding hydrogens is 354 g/mol. The molecule has 6 nitrogen and oxygen atoms in total. The minimum atomic E-state index is -1.06. The van der Waals surface area contributed by atoms with Gasteiger partial charge in [-0.1, -0.05) is 42.5 Å². The van der Waals surface area contributed by atoms with E-state index in [0.717, 1.165) is 25.2 Å². The first-order chi connectivity index (χ1) is 13.5. The molecule has 1 saturated heterocycles. The maximum Gasteiger partial charge on any atom is 0.320 e. The van der Waals surface area contributed by atoms with Gasteiger partial charge in [0.15, 0.2) is 0 Å². The molecule has 1 amide bonds. The Bertz CT molecular complexity index is 784. The fourth-order valence-corrected chi connectivity index (χ4v) is 3.43. The minimum Gasteiger partial charge on any atom is -0.480 e. The van der Waals surface area contributed by atoms with Crippen LogP contribution in [0.25, 0.3) is 0 Å². The molecule has 1 fully saturated rings. The molecule has 0 spiro atoms. The lowest BCUT2D eigenvalue weighted by atomic mass is 10.0. The highest BCUT2D eigenvalue weighted by molar-refractivity contribution is 5.78. The first kappa shape index (κ1) is 19.9. The Morgan fingerprint density at radius 3 is 2.14 bits per heavy atom. The van der Waals surface area contributed by atoms with Crippen LogP contribution in [0.2, 0.25) is 0 Å². The third-order valence-electron chi connectivity index (χ3n) is 5.17. The molecule has 2 aromatic carbocycles. The van der Waals surface area contributed by atoms with Gasteiger partial charge in [0.1, 0.15) is 6.04 Å². The zero-order valence-electron chi connectivity index (χ0n) is 16.0. The number of carboxylic acid groups (broad SMARTS) is 1. The Kier molecular flexibility index (Phi) is 6.66. The summed E-state index contributed by atoms with van der Waals surface area (Å²) in [4.78, 5) is 27.1. The first-order valence-electron chi connectivity index (χ1n) is 9.67. The van der Waals surface area contributed by atoms with Crippen molar-refractivity contribution in [3.8, 4) is 0 Å². The maximum atomic E-state index is 12.2. The summed E-state index contributed by atoms with van der Waals surface area (Å²) in [5, 5.41) is 8.81. The van der Waals surface area contributed by atoms with Crippen LogP contribution in [0.15, 0.2) is 54.6 Å². The summed E-state index contributed by atoms with van der Waals surface area (Å²) in [6.45, 7) is 2.84. The molecular formula is C22H27N3O3. The van der Waals surface area contributed by atoms with E-state index in [-0.39, 0.29) is 18.7 Å². The summed E-state index contributed by atoms with van der Waals surface area (Å²) in [5.74, 6) is -1.08. The molecule has 28 heavy (non-hydrogen) atoms. The molecule has 3 N–H and O–H groups in total. The van der Waals surface area contributed by atoms with E-state index in [1.807, 2.05) is 6.07 Å². The molecule has 0 bridgehead atoms. The maximum absolute atomic E-state index is 12.2. The lowest BCUT2D eigenvalue weighted by Gasteiger charge is -2.36.